The number of hydrogen-bond acceptors (Lipinski definition) is 6. The number of amides is 1. The second-order valence-corrected chi connectivity index (χ2v) is 9.89. The van der Waals surface area contributed by atoms with Gasteiger partial charge < -0.3 is 21.1 Å². The quantitative estimate of drug-likeness (QED) is 0.396. The summed E-state index contributed by atoms with van der Waals surface area (Å²) < 4.78 is 0. The van der Waals surface area contributed by atoms with Gasteiger partial charge in [-0.1, -0.05) is 30.3 Å². The van der Waals surface area contributed by atoms with Gasteiger partial charge in [0.05, 0.1) is 0 Å². The van der Waals surface area contributed by atoms with E-state index in [2.05, 4.69) is 46.3 Å². The van der Waals surface area contributed by atoms with Crippen LogP contribution in [0.5, 0.6) is 0 Å². The molecular formula is C22H29N3O3S2. The largest absolute Gasteiger partial charge is 0.479 e. The molecule has 0 spiro atoms. The summed E-state index contributed by atoms with van der Waals surface area (Å²) in [4.78, 5) is 25.1. The minimum Gasteiger partial charge on any atom is -0.479 e. The van der Waals surface area contributed by atoms with Crippen LogP contribution in [-0.4, -0.2) is 41.2 Å². The Morgan fingerprint density at radius 3 is 2.77 bits per heavy atom. The number of carboxylic acid groups (broad SMARTS) is 1. The molecule has 3 rings (SSSR count). The summed E-state index contributed by atoms with van der Waals surface area (Å²) in [7, 11) is 1.93. The highest BCUT2D eigenvalue weighted by atomic mass is 32.2. The molecule has 0 radical (unpaired) electrons. The minimum atomic E-state index is -0.994. The normalized spacial score (nSPS) is 19.5. The zero-order chi connectivity index (χ0) is 21.3. The average Bonchev–Trinajstić information content (AvgIpc) is 3.40. The number of thioether (sulfide) groups is 1. The first-order valence-electron chi connectivity index (χ1n) is 10.2. The molecule has 30 heavy (non-hydrogen) atoms. The third-order valence-electron chi connectivity index (χ3n) is 5.11. The van der Waals surface area contributed by atoms with Crippen LogP contribution in [0.25, 0.3) is 0 Å². The van der Waals surface area contributed by atoms with E-state index in [9.17, 15) is 14.7 Å². The molecule has 8 heteroatoms. The Balaban J connectivity index is 1.45. The molecule has 0 bridgehead atoms. The summed E-state index contributed by atoms with van der Waals surface area (Å²) in [6.07, 6.45) is 2.75. The van der Waals surface area contributed by atoms with Crippen molar-refractivity contribution >= 4 is 35.0 Å². The molecule has 1 aliphatic rings. The highest BCUT2D eigenvalue weighted by molar-refractivity contribution is 8.01. The van der Waals surface area contributed by atoms with Crippen molar-refractivity contribution in [3.05, 3.63) is 57.8 Å². The number of carboxylic acids is 1. The van der Waals surface area contributed by atoms with Crippen molar-refractivity contribution < 1.29 is 14.7 Å². The highest BCUT2D eigenvalue weighted by Gasteiger charge is 2.31. The number of hydrogen-bond donors (Lipinski definition) is 4. The number of nitrogens with one attached hydrogen (secondary N) is 3. The van der Waals surface area contributed by atoms with Gasteiger partial charge in [0, 0.05) is 35.7 Å². The molecule has 6 nitrogen and oxygen atoms in total. The summed E-state index contributed by atoms with van der Waals surface area (Å²) in [6.45, 7) is 1.57. The smallest absolute Gasteiger partial charge is 0.336 e. The molecule has 162 valence electrons. The van der Waals surface area contributed by atoms with Crippen molar-refractivity contribution in [1.82, 2.24) is 16.0 Å². The van der Waals surface area contributed by atoms with Gasteiger partial charge in [0.2, 0.25) is 5.91 Å². The van der Waals surface area contributed by atoms with Gasteiger partial charge in [-0.2, -0.15) is 0 Å². The second-order valence-electron chi connectivity index (χ2n) is 7.45. The number of aliphatic carboxylic acids is 1. The molecule has 2 aromatic rings. The van der Waals surface area contributed by atoms with Crippen molar-refractivity contribution in [3.8, 4) is 0 Å². The zero-order valence-corrected chi connectivity index (χ0v) is 18.7. The summed E-state index contributed by atoms with van der Waals surface area (Å²) in [5.74, 6) is -1.19. The third kappa shape index (κ3) is 6.84. The van der Waals surface area contributed by atoms with E-state index in [0.29, 0.717) is 6.42 Å². The van der Waals surface area contributed by atoms with Gasteiger partial charge >= 0.3 is 5.97 Å². The first kappa shape index (κ1) is 22.8. The van der Waals surface area contributed by atoms with Crippen molar-refractivity contribution in [2.45, 2.75) is 48.9 Å². The predicted octanol–water partition coefficient (Wildman–Crippen LogP) is 3.15. The number of carbonyl (C=O) groups excluding carboxylic acids is 1. The van der Waals surface area contributed by atoms with Crippen LogP contribution in [0.3, 0.4) is 0 Å². The van der Waals surface area contributed by atoms with Gasteiger partial charge in [0.1, 0.15) is 0 Å². The van der Waals surface area contributed by atoms with E-state index in [4.69, 9.17) is 0 Å². The Kier molecular flexibility index (Phi) is 8.74. The Morgan fingerprint density at radius 2 is 2.10 bits per heavy atom. The summed E-state index contributed by atoms with van der Waals surface area (Å²) in [5.41, 5.74) is 2.44. The SMILES string of the molecule is CNCc1ccc([C@@H]2C[C@H](SC(NC(=O)CCCc3cccs3)C(=O)O)CN2)cc1. The first-order chi connectivity index (χ1) is 14.5. The molecule has 3 atom stereocenters. The molecule has 1 aromatic carbocycles. The molecule has 0 aliphatic carbocycles. The Hall–Kier alpha value is -1.87. The highest BCUT2D eigenvalue weighted by Crippen LogP contribution is 2.32. The van der Waals surface area contributed by atoms with E-state index >= 15 is 0 Å². The molecule has 1 saturated heterocycles. The zero-order valence-electron chi connectivity index (χ0n) is 17.1. The molecule has 1 amide bonds. The Labute approximate surface area is 185 Å². The van der Waals surface area contributed by atoms with E-state index in [1.165, 1.54) is 27.8 Å². The van der Waals surface area contributed by atoms with E-state index in [1.807, 2.05) is 18.5 Å². The lowest BCUT2D eigenvalue weighted by atomic mass is 10.0. The number of benzene rings is 1. The maximum Gasteiger partial charge on any atom is 0.336 e. The number of thiophene rings is 1. The Bertz CT molecular complexity index is 812. The summed E-state index contributed by atoms with van der Waals surface area (Å²) in [6, 6.07) is 12.7. The van der Waals surface area contributed by atoms with Crippen LogP contribution in [0.1, 0.15) is 41.3 Å². The average molecular weight is 448 g/mol. The lowest BCUT2D eigenvalue weighted by molar-refractivity contribution is -0.139. The van der Waals surface area contributed by atoms with Crippen LogP contribution in [0.2, 0.25) is 0 Å². The lowest BCUT2D eigenvalue weighted by Crippen LogP contribution is -2.39. The third-order valence-corrected chi connectivity index (χ3v) is 7.38. The van der Waals surface area contributed by atoms with Crippen molar-refractivity contribution in [2.75, 3.05) is 13.6 Å². The number of rotatable bonds is 11. The van der Waals surface area contributed by atoms with Crippen LogP contribution < -0.4 is 16.0 Å². The first-order valence-corrected chi connectivity index (χ1v) is 12.0. The molecule has 1 aliphatic heterocycles. The van der Waals surface area contributed by atoms with Gasteiger partial charge in [0.25, 0.3) is 0 Å². The van der Waals surface area contributed by atoms with E-state index in [-0.39, 0.29) is 17.2 Å². The molecule has 1 aromatic heterocycles. The Morgan fingerprint density at radius 1 is 1.30 bits per heavy atom. The van der Waals surface area contributed by atoms with Crippen molar-refractivity contribution in [1.29, 1.82) is 0 Å². The van der Waals surface area contributed by atoms with Crippen LogP contribution >= 0.6 is 23.1 Å². The van der Waals surface area contributed by atoms with Crippen LogP contribution in [0, 0.1) is 0 Å². The van der Waals surface area contributed by atoms with Crippen LogP contribution in [0.4, 0.5) is 0 Å². The summed E-state index contributed by atoms with van der Waals surface area (Å²) >= 11 is 3.00. The maximum atomic E-state index is 12.2. The van der Waals surface area contributed by atoms with Crippen LogP contribution in [-0.2, 0) is 22.6 Å². The molecule has 0 saturated carbocycles. The van der Waals surface area contributed by atoms with Gasteiger partial charge in [-0.25, -0.2) is 4.79 Å². The monoisotopic (exact) mass is 447 g/mol. The van der Waals surface area contributed by atoms with Gasteiger partial charge in [0.15, 0.2) is 5.37 Å². The topological polar surface area (TPSA) is 90.5 Å². The summed E-state index contributed by atoms with van der Waals surface area (Å²) in [5, 5.41) is 20.1. The molecule has 4 N–H and O–H groups in total. The maximum absolute atomic E-state index is 12.2. The number of aryl methyl sites for hydroxylation is 1. The van der Waals surface area contributed by atoms with Gasteiger partial charge in [-0.15, -0.1) is 23.1 Å². The molecule has 1 fully saturated rings. The van der Waals surface area contributed by atoms with E-state index < -0.39 is 11.3 Å². The van der Waals surface area contributed by atoms with Crippen LogP contribution in [0.15, 0.2) is 41.8 Å². The molecule has 2 heterocycles. The van der Waals surface area contributed by atoms with Gasteiger partial charge in [-0.05, 0) is 48.9 Å². The van der Waals surface area contributed by atoms with Gasteiger partial charge in [-0.3, -0.25) is 4.79 Å². The van der Waals surface area contributed by atoms with E-state index in [0.717, 1.165) is 32.4 Å². The fourth-order valence-electron chi connectivity index (χ4n) is 3.58. The number of carbonyl (C=O) groups is 2. The molecule has 1 unspecified atom stereocenters. The standard InChI is InChI=1S/C22H29N3O3S2/c1-23-13-15-7-9-16(10-8-15)19-12-18(14-24-19)30-21(22(27)28)25-20(26)6-2-4-17-5-3-11-29-17/h3,5,7-11,18-19,21,23-24H,2,4,6,12-14H2,1H3,(H,25,26)(H,27,28)/t18-,19-,21?/m0/s1. The fraction of sp³-hybridized carbons (Fsp3) is 0.455. The predicted molar refractivity (Wildman–Crippen MR) is 123 cm³/mol. The lowest BCUT2D eigenvalue weighted by Gasteiger charge is -2.18. The molecular weight excluding hydrogens is 418 g/mol. The van der Waals surface area contributed by atoms with Crippen molar-refractivity contribution in [3.63, 3.8) is 0 Å². The fourth-order valence-corrected chi connectivity index (χ4v) is 5.52. The minimum absolute atomic E-state index is 0.138. The van der Waals surface area contributed by atoms with E-state index in [1.54, 1.807) is 11.3 Å². The van der Waals surface area contributed by atoms with Crippen molar-refractivity contribution in [2.24, 2.45) is 0 Å². The second kappa shape index (κ2) is 11.5.